The van der Waals surface area contributed by atoms with Gasteiger partial charge in [-0.05, 0) is 30.9 Å². The Morgan fingerprint density at radius 2 is 2.44 bits per heavy atom. The highest BCUT2D eigenvalue weighted by molar-refractivity contribution is 5.97. The number of pyridine rings is 1. The van der Waals surface area contributed by atoms with E-state index in [0.717, 1.165) is 25.3 Å². The lowest BCUT2D eigenvalue weighted by atomic mass is 10.00. The molecule has 1 atom stereocenters. The predicted molar refractivity (Wildman–Crippen MR) is 63.4 cm³/mol. The van der Waals surface area contributed by atoms with Crippen LogP contribution in [0.25, 0.3) is 0 Å². The number of primary amides is 1. The molecule has 1 amide bonds. The maximum Gasteiger partial charge on any atom is 0.252 e. The van der Waals surface area contributed by atoms with Crippen LogP contribution in [0.3, 0.4) is 0 Å². The van der Waals surface area contributed by atoms with Gasteiger partial charge in [0.05, 0.1) is 5.56 Å². The van der Waals surface area contributed by atoms with Crippen LogP contribution in [0.4, 0.5) is 5.82 Å². The topological polar surface area (TPSA) is 59.2 Å². The second-order valence-corrected chi connectivity index (χ2v) is 4.43. The van der Waals surface area contributed by atoms with E-state index < -0.39 is 5.91 Å². The van der Waals surface area contributed by atoms with E-state index in [1.165, 1.54) is 6.42 Å². The molecule has 0 radical (unpaired) electrons. The fourth-order valence-electron chi connectivity index (χ4n) is 2.22. The van der Waals surface area contributed by atoms with Crippen LogP contribution >= 0.6 is 0 Å². The Morgan fingerprint density at radius 3 is 3.12 bits per heavy atom. The zero-order valence-corrected chi connectivity index (χ0v) is 9.52. The molecule has 2 heterocycles. The standard InChI is InChI=1S/C12H17N3O/c1-9-4-3-7-15(8-9)12-10(11(13)16)5-2-6-14-12/h2,5-6,9H,3-4,7-8H2,1H3,(H2,13,16)/t9-/m1/s1. The van der Waals surface area contributed by atoms with Gasteiger partial charge in [-0.2, -0.15) is 0 Å². The van der Waals surface area contributed by atoms with Gasteiger partial charge in [0.25, 0.3) is 5.91 Å². The van der Waals surface area contributed by atoms with Gasteiger partial charge in [0.15, 0.2) is 0 Å². The van der Waals surface area contributed by atoms with Gasteiger partial charge in [-0.15, -0.1) is 0 Å². The molecule has 1 aliphatic rings. The number of carbonyl (C=O) groups excluding carboxylic acids is 1. The van der Waals surface area contributed by atoms with Crippen molar-refractivity contribution in [3.8, 4) is 0 Å². The third-order valence-corrected chi connectivity index (χ3v) is 3.01. The number of nitrogens with zero attached hydrogens (tertiary/aromatic N) is 2. The molecule has 1 aromatic rings. The number of hydrogen-bond donors (Lipinski definition) is 1. The van der Waals surface area contributed by atoms with Crippen molar-refractivity contribution < 1.29 is 4.79 Å². The van der Waals surface area contributed by atoms with Gasteiger partial charge in [-0.25, -0.2) is 4.98 Å². The monoisotopic (exact) mass is 219 g/mol. The molecular formula is C12H17N3O. The zero-order chi connectivity index (χ0) is 11.5. The highest BCUT2D eigenvalue weighted by Crippen LogP contribution is 2.23. The molecule has 0 aliphatic carbocycles. The van der Waals surface area contributed by atoms with Crippen LogP contribution in [-0.2, 0) is 0 Å². The zero-order valence-electron chi connectivity index (χ0n) is 9.52. The third kappa shape index (κ3) is 2.15. The number of carbonyl (C=O) groups is 1. The minimum Gasteiger partial charge on any atom is -0.365 e. The first-order valence-electron chi connectivity index (χ1n) is 5.68. The molecule has 0 bridgehead atoms. The number of piperidine rings is 1. The van der Waals surface area contributed by atoms with E-state index in [9.17, 15) is 4.79 Å². The number of anilines is 1. The maximum absolute atomic E-state index is 11.3. The van der Waals surface area contributed by atoms with E-state index in [2.05, 4.69) is 16.8 Å². The van der Waals surface area contributed by atoms with E-state index in [1.807, 2.05) is 0 Å². The van der Waals surface area contributed by atoms with Crippen LogP contribution in [0, 0.1) is 5.92 Å². The molecule has 0 spiro atoms. The number of aromatic nitrogens is 1. The molecule has 4 heteroatoms. The molecule has 16 heavy (non-hydrogen) atoms. The van der Waals surface area contributed by atoms with Gasteiger partial charge in [-0.1, -0.05) is 6.92 Å². The van der Waals surface area contributed by atoms with Crippen molar-refractivity contribution in [1.29, 1.82) is 0 Å². The third-order valence-electron chi connectivity index (χ3n) is 3.01. The van der Waals surface area contributed by atoms with E-state index in [4.69, 9.17) is 5.73 Å². The van der Waals surface area contributed by atoms with Crippen LogP contribution in [-0.4, -0.2) is 24.0 Å². The Kier molecular flexibility index (Phi) is 3.08. The first-order valence-corrected chi connectivity index (χ1v) is 5.68. The summed E-state index contributed by atoms with van der Waals surface area (Å²) in [7, 11) is 0. The Bertz CT molecular complexity index is 392. The normalized spacial score (nSPS) is 20.8. The summed E-state index contributed by atoms with van der Waals surface area (Å²) in [6, 6.07) is 3.49. The molecule has 4 nitrogen and oxygen atoms in total. The summed E-state index contributed by atoms with van der Waals surface area (Å²) in [6.07, 6.45) is 4.10. The summed E-state index contributed by atoms with van der Waals surface area (Å²) in [4.78, 5) is 17.7. The summed E-state index contributed by atoms with van der Waals surface area (Å²) in [5, 5.41) is 0. The highest BCUT2D eigenvalue weighted by Gasteiger charge is 2.21. The molecule has 0 unspecified atom stereocenters. The molecule has 2 rings (SSSR count). The average molecular weight is 219 g/mol. The molecule has 0 saturated carbocycles. The SMILES string of the molecule is C[C@@H]1CCCN(c2ncccc2C(N)=O)C1. The van der Waals surface area contributed by atoms with Crippen LogP contribution in [0.5, 0.6) is 0 Å². The van der Waals surface area contributed by atoms with Crippen molar-refractivity contribution in [1.82, 2.24) is 4.98 Å². The first-order chi connectivity index (χ1) is 7.68. The van der Waals surface area contributed by atoms with Crippen LogP contribution < -0.4 is 10.6 Å². The van der Waals surface area contributed by atoms with Crippen LogP contribution in [0.2, 0.25) is 0 Å². The molecule has 1 fully saturated rings. The van der Waals surface area contributed by atoms with Crippen molar-refractivity contribution in [3.05, 3.63) is 23.9 Å². The Morgan fingerprint density at radius 1 is 1.62 bits per heavy atom. The summed E-state index contributed by atoms with van der Waals surface area (Å²) in [5.74, 6) is 0.986. The van der Waals surface area contributed by atoms with Crippen LogP contribution in [0.1, 0.15) is 30.1 Å². The fraction of sp³-hybridized carbons (Fsp3) is 0.500. The van der Waals surface area contributed by atoms with Crippen molar-refractivity contribution in [2.75, 3.05) is 18.0 Å². The lowest BCUT2D eigenvalue weighted by Gasteiger charge is -2.32. The highest BCUT2D eigenvalue weighted by atomic mass is 16.1. The summed E-state index contributed by atoms with van der Waals surface area (Å²) < 4.78 is 0. The van der Waals surface area contributed by atoms with Crippen molar-refractivity contribution in [3.63, 3.8) is 0 Å². The molecular weight excluding hydrogens is 202 g/mol. The second kappa shape index (κ2) is 4.51. The first kappa shape index (κ1) is 10.9. The molecule has 1 aliphatic heterocycles. The summed E-state index contributed by atoms with van der Waals surface area (Å²) in [5.41, 5.74) is 5.87. The van der Waals surface area contributed by atoms with Crippen molar-refractivity contribution in [2.45, 2.75) is 19.8 Å². The van der Waals surface area contributed by atoms with Crippen molar-refractivity contribution in [2.24, 2.45) is 11.7 Å². The van der Waals surface area contributed by atoms with Crippen LogP contribution in [0.15, 0.2) is 18.3 Å². The minimum atomic E-state index is -0.402. The molecule has 86 valence electrons. The minimum absolute atomic E-state index is 0.402. The second-order valence-electron chi connectivity index (χ2n) is 4.43. The van der Waals surface area contributed by atoms with E-state index >= 15 is 0 Å². The smallest absolute Gasteiger partial charge is 0.252 e. The summed E-state index contributed by atoms with van der Waals surface area (Å²) in [6.45, 7) is 4.14. The average Bonchev–Trinajstić information content (AvgIpc) is 2.29. The molecule has 1 aromatic heterocycles. The number of nitrogens with two attached hydrogens (primary N) is 1. The van der Waals surface area contributed by atoms with Gasteiger partial charge >= 0.3 is 0 Å². The maximum atomic E-state index is 11.3. The lowest BCUT2D eigenvalue weighted by Crippen LogP contribution is -2.36. The van der Waals surface area contributed by atoms with Gasteiger partial charge < -0.3 is 10.6 Å². The number of hydrogen-bond acceptors (Lipinski definition) is 3. The van der Waals surface area contributed by atoms with Crippen molar-refractivity contribution >= 4 is 11.7 Å². The fourth-order valence-corrected chi connectivity index (χ4v) is 2.22. The Labute approximate surface area is 95.5 Å². The van der Waals surface area contributed by atoms with Gasteiger partial charge in [0, 0.05) is 19.3 Å². The lowest BCUT2D eigenvalue weighted by molar-refractivity contribution is 0.100. The number of amides is 1. The van der Waals surface area contributed by atoms with Gasteiger partial charge in [0.1, 0.15) is 5.82 Å². The largest absolute Gasteiger partial charge is 0.365 e. The summed E-state index contributed by atoms with van der Waals surface area (Å²) >= 11 is 0. The predicted octanol–water partition coefficient (Wildman–Crippen LogP) is 1.42. The quantitative estimate of drug-likeness (QED) is 0.818. The van der Waals surface area contributed by atoms with E-state index in [0.29, 0.717) is 11.5 Å². The van der Waals surface area contributed by atoms with E-state index in [1.54, 1.807) is 18.3 Å². The number of rotatable bonds is 2. The van der Waals surface area contributed by atoms with Gasteiger partial charge in [0.2, 0.25) is 0 Å². The van der Waals surface area contributed by atoms with Gasteiger partial charge in [-0.3, -0.25) is 4.79 Å². The van der Waals surface area contributed by atoms with E-state index in [-0.39, 0.29) is 0 Å². The molecule has 0 aromatic carbocycles. The molecule has 1 saturated heterocycles. The molecule has 2 N–H and O–H groups in total. The Balaban J connectivity index is 2.28. The Hall–Kier alpha value is -1.58.